The molecule has 29 heavy (non-hydrogen) atoms. The number of nitrogens with one attached hydrogen (secondary N) is 1. The van der Waals surface area contributed by atoms with Crippen LogP contribution in [0, 0.1) is 0 Å². The van der Waals surface area contributed by atoms with Crippen molar-refractivity contribution in [3.63, 3.8) is 0 Å². The third-order valence-corrected chi connectivity index (χ3v) is 5.01. The van der Waals surface area contributed by atoms with E-state index in [-0.39, 0.29) is 40.0 Å². The van der Waals surface area contributed by atoms with Crippen molar-refractivity contribution in [2.75, 3.05) is 12.9 Å². The predicted molar refractivity (Wildman–Crippen MR) is 96.0 cm³/mol. The Morgan fingerprint density at radius 2 is 1.72 bits per heavy atom. The number of aliphatic carboxylic acids is 1. The van der Waals surface area contributed by atoms with Crippen molar-refractivity contribution in [3.8, 4) is 0 Å². The molecule has 0 saturated heterocycles. The Hall–Kier alpha value is -0.910. The monoisotopic (exact) mass is 479 g/mol. The van der Waals surface area contributed by atoms with Crippen LogP contribution in [0.1, 0.15) is 24.5 Å². The normalized spacial score (nSPS) is 13.1. The van der Waals surface area contributed by atoms with Gasteiger partial charge in [0.2, 0.25) is 0 Å². The van der Waals surface area contributed by atoms with Gasteiger partial charge in [-0.3, -0.25) is 9.59 Å². The minimum Gasteiger partial charge on any atom is -0.550 e. The molecule has 0 spiro atoms. The van der Waals surface area contributed by atoms with Gasteiger partial charge in [0.05, 0.1) is 17.4 Å². The summed E-state index contributed by atoms with van der Waals surface area (Å²) in [5, 5.41) is 12.7. The molecule has 0 aliphatic rings. The van der Waals surface area contributed by atoms with Gasteiger partial charge in [0.15, 0.2) is 14.7 Å². The van der Waals surface area contributed by atoms with Crippen LogP contribution < -0.4 is 40.0 Å². The maximum Gasteiger partial charge on any atom is 1.00 e. The number of carboxylic acids is 1. The van der Waals surface area contributed by atoms with Crippen LogP contribution in [0.2, 0.25) is 0 Å². The number of hydrogen-bond donors (Lipinski definition) is 1. The molecule has 1 rings (SSSR count). The third-order valence-electron chi connectivity index (χ3n) is 3.49. The SMILES string of the molecule is CS(=O)(=O)c1ccc(C(OC(=O)CCC(=O)[O-])[C@@H](CF)NC(=O)C(Cl)Cl)cc1.[Na+]. The summed E-state index contributed by atoms with van der Waals surface area (Å²) in [5.41, 5.74) is 0.165. The Labute approximate surface area is 199 Å². The van der Waals surface area contributed by atoms with E-state index < -0.39 is 64.2 Å². The molecule has 0 saturated carbocycles. The molecule has 8 nitrogen and oxygen atoms in total. The Morgan fingerprint density at radius 3 is 2.14 bits per heavy atom. The van der Waals surface area contributed by atoms with Gasteiger partial charge < -0.3 is 20.0 Å². The first-order valence-electron chi connectivity index (χ1n) is 7.79. The summed E-state index contributed by atoms with van der Waals surface area (Å²) in [6, 6.07) is 3.59. The number of esters is 1. The Morgan fingerprint density at radius 1 is 1.17 bits per heavy atom. The Bertz CT molecular complexity index is 821. The molecule has 1 N–H and O–H groups in total. The van der Waals surface area contributed by atoms with Gasteiger partial charge in [0.25, 0.3) is 5.91 Å². The topological polar surface area (TPSA) is 130 Å². The average Bonchev–Trinajstić information content (AvgIpc) is 2.61. The van der Waals surface area contributed by atoms with E-state index >= 15 is 0 Å². The van der Waals surface area contributed by atoms with Crippen LogP contribution in [0.25, 0.3) is 0 Å². The summed E-state index contributed by atoms with van der Waals surface area (Å²) in [6.07, 6.45) is -1.55. The van der Waals surface area contributed by atoms with Gasteiger partial charge in [-0.15, -0.1) is 0 Å². The summed E-state index contributed by atoms with van der Waals surface area (Å²) >= 11 is 10.9. The molecule has 0 radical (unpaired) electrons. The maximum atomic E-state index is 13.6. The summed E-state index contributed by atoms with van der Waals surface area (Å²) in [7, 11) is -3.50. The number of carboxylic acid groups (broad SMARTS) is 1. The smallest absolute Gasteiger partial charge is 0.550 e. The first-order valence-corrected chi connectivity index (χ1v) is 10.6. The summed E-state index contributed by atoms with van der Waals surface area (Å²) < 4.78 is 41.8. The van der Waals surface area contributed by atoms with Gasteiger partial charge in [0.1, 0.15) is 12.8 Å². The molecule has 1 aromatic carbocycles. The van der Waals surface area contributed by atoms with Gasteiger partial charge >= 0.3 is 35.5 Å². The molecule has 0 heterocycles. The van der Waals surface area contributed by atoms with Gasteiger partial charge in [-0.05, 0) is 24.1 Å². The fraction of sp³-hybridized carbons (Fsp3) is 0.438. The number of ether oxygens (including phenoxy) is 1. The zero-order valence-electron chi connectivity index (χ0n) is 15.6. The third kappa shape index (κ3) is 9.63. The molecule has 0 bridgehead atoms. The van der Waals surface area contributed by atoms with Crippen LogP contribution in [0.15, 0.2) is 29.2 Å². The second kappa shape index (κ2) is 12.7. The molecule has 13 heteroatoms. The number of carbonyl (C=O) groups is 3. The molecule has 1 aromatic rings. The van der Waals surface area contributed by atoms with Gasteiger partial charge in [-0.1, -0.05) is 35.3 Å². The van der Waals surface area contributed by atoms with E-state index in [1.165, 1.54) is 24.3 Å². The van der Waals surface area contributed by atoms with Crippen molar-refractivity contribution in [2.45, 2.75) is 34.7 Å². The van der Waals surface area contributed by atoms with E-state index in [4.69, 9.17) is 27.9 Å². The molecule has 1 unspecified atom stereocenters. The minimum absolute atomic E-state index is 0. The number of benzene rings is 1. The van der Waals surface area contributed by atoms with Crippen molar-refractivity contribution in [1.82, 2.24) is 5.32 Å². The number of carbonyl (C=O) groups excluding carboxylic acids is 3. The van der Waals surface area contributed by atoms with Crippen molar-refractivity contribution < 1.29 is 66.6 Å². The van der Waals surface area contributed by atoms with Crippen molar-refractivity contribution in [3.05, 3.63) is 29.8 Å². The van der Waals surface area contributed by atoms with Crippen LogP contribution in [0.4, 0.5) is 4.39 Å². The first-order chi connectivity index (χ1) is 13.0. The number of halogens is 3. The number of hydrogen-bond acceptors (Lipinski definition) is 7. The molecular weight excluding hydrogens is 463 g/mol. The second-order valence-electron chi connectivity index (χ2n) is 5.69. The maximum absolute atomic E-state index is 13.6. The second-order valence-corrected chi connectivity index (χ2v) is 8.81. The molecule has 0 aliphatic carbocycles. The number of rotatable bonds is 10. The molecule has 0 aliphatic heterocycles. The largest absolute Gasteiger partial charge is 1.00 e. The van der Waals surface area contributed by atoms with Crippen LogP contribution in [-0.4, -0.2) is 50.1 Å². The molecule has 0 fully saturated rings. The van der Waals surface area contributed by atoms with E-state index in [1.54, 1.807) is 0 Å². The molecule has 1 amide bonds. The van der Waals surface area contributed by atoms with E-state index in [1.807, 2.05) is 0 Å². The molecule has 2 atom stereocenters. The zero-order valence-corrected chi connectivity index (χ0v) is 19.9. The summed E-state index contributed by atoms with van der Waals surface area (Å²) in [6.45, 7) is -1.18. The molecule has 0 aromatic heterocycles. The first kappa shape index (κ1) is 28.1. The van der Waals surface area contributed by atoms with Crippen molar-refractivity contribution in [2.24, 2.45) is 0 Å². The van der Waals surface area contributed by atoms with Gasteiger partial charge in [-0.25, -0.2) is 12.8 Å². The van der Waals surface area contributed by atoms with E-state index in [0.717, 1.165) is 6.26 Å². The fourth-order valence-corrected chi connectivity index (χ4v) is 2.89. The average molecular weight is 480 g/mol. The zero-order chi connectivity index (χ0) is 21.5. The van der Waals surface area contributed by atoms with E-state index in [9.17, 15) is 32.3 Å². The van der Waals surface area contributed by atoms with Crippen LogP contribution in [-0.2, 0) is 29.0 Å². The number of alkyl halides is 3. The Kier molecular flexibility index (Phi) is 12.3. The number of amides is 1. The van der Waals surface area contributed by atoms with Crippen LogP contribution >= 0.6 is 23.2 Å². The number of sulfone groups is 1. The molecular formula is C16H17Cl2FNNaO7S. The van der Waals surface area contributed by atoms with Crippen molar-refractivity contribution in [1.29, 1.82) is 0 Å². The van der Waals surface area contributed by atoms with Crippen LogP contribution in [0.5, 0.6) is 0 Å². The molecule has 156 valence electrons. The van der Waals surface area contributed by atoms with Gasteiger partial charge in [0, 0.05) is 12.2 Å². The quantitative estimate of drug-likeness (QED) is 0.222. The Balaban J connectivity index is 0.00000784. The van der Waals surface area contributed by atoms with E-state index in [0.29, 0.717) is 0 Å². The summed E-state index contributed by atoms with van der Waals surface area (Å²) in [5.74, 6) is -3.40. The fourth-order valence-electron chi connectivity index (χ4n) is 2.13. The minimum atomic E-state index is -3.50. The predicted octanol–water partition coefficient (Wildman–Crippen LogP) is -2.53. The summed E-state index contributed by atoms with van der Waals surface area (Å²) in [4.78, 5) is 32.5. The standard InChI is InChI=1S/C16H18Cl2FNO7S.Na/c1-28(25,26)10-4-2-9(3-5-10)14(27-13(23)7-6-12(21)22)11(8-19)20-16(24)15(17)18;/h2-5,11,14-15H,6-8H2,1H3,(H,20,24)(H,21,22);/q;+1/p-1/t11-,14?;/m1./s1. The van der Waals surface area contributed by atoms with Crippen LogP contribution in [0.3, 0.4) is 0 Å². The van der Waals surface area contributed by atoms with E-state index in [2.05, 4.69) is 5.32 Å². The van der Waals surface area contributed by atoms with Crippen molar-refractivity contribution >= 4 is 50.9 Å². The van der Waals surface area contributed by atoms with Gasteiger partial charge in [-0.2, -0.15) is 0 Å².